The number of hydrogen-bond acceptors (Lipinski definition) is 2. The van der Waals surface area contributed by atoms with Gasteiger partial charge >= 0.3 is 6.03 Å². The molecule has 0 saturated carbocycles. The lowest BCUT2D eigenvalue weighted by Gasteiger charge is -2.25. The van der Waals surface area contributed by atoms with E-state index in [0.29, 0.717) is 11.4 Å². The number of rotatable bonds is 2. The van der Waals surface area contributed by atoms with Crippen LogP contribution in [0.15, 0.2) is 24.3 Å². The van der Waals surface area contributed by atoms with Gasteiger partial charge in [0.25, 0.3) is 5.91 Å². The minimum Gasteiger partial charge on any atom is -0.319 e. The van der Waals surface area contributed by atoms with Crippen LogP contribution in [-0.2, 0) is 10.3 Å². The largest absolute Gasteiger partial charge is 0.325 e. The summed E-state index contributed by atoms with van der Waals surface area (Å²) in [6.45, 7) is 1.87. The van der Waals surface area contributed by atoms with Crippen LogP contribution in [0.5, 0.6) is 0 Å². The van der Waals surface area contributed by atoms with E-state index in [9.17, 15) is 9.59 Å². The van der Waals surface area contributed by atoms with Crippen LogP contribution in [0, 0.1) is 0 Å². The molecule has 1 aliphatic rings. The summed E-state index contributed by atoms with van der Waals surface area (Å²) in [7, 11) is 1.48. The average molecular weight is 253 g/mol. The van der Waals surface area contributed by atoms with Crippen LogP contribution >= 0.6 is 11.6 Å². The molecular weight excluding hydrogens is 240 g/mol. The van der Waals surface area contributed by atoms with Crippen molar-refractivity contribution in [2.24, 2.45) is 0 Å². The number of carbonyl (C=O) groups is 2. The van der Waals surface area contributed by atoms with Gasteiger partial charge < -0.3 is 5.32 Å². The molecule has 1 atom stereocenters. The molecule has 90 valence electrons. The number of nitrogens with zero attached hydrogens (tertiary/aromatic N) is 1. The number of carbonyl (C=O) groups excluding carboxylic acids is 2. The third kappa shape index (κ3) is 1.69. The first kappa shape index (κ1) is 11.9. The van der Waals surface area contributed by atoms with Gasteiger partial charge in [-0.25, -0.2) is 4.79 Å². The van der Waals surface area contributed by atoms with Crippen molar-refractivity contribution in [1.82, 2.24) is 10.2 Å². The summed E-state index contributed by atoms with van der Waals surface area (Å²) in [4.78, 5) is 24.8. The number of amides is 3. The fourth-order valence-corrected chi connectivity index (χ4v) is 2.20. The number of nitrogens with one attached hydrogen (secondary N) is 1. The summed E-state index contributed by atoms with van der Waals surface area (Å²) in [6.07, 6.45) is 0.504. The smallest absolute Gasteiger partial charge is 0.319 e. The van der Waals surface area contributed by atoms with Gasteiger partial charge in [-0.15, -0.1) is 0 Å². The van der Waals surface area contributed by atoms with Crippen LogP contribution in [0.4, 0.5) is 4.79 Å². The molecule has 5 heteroatoms. The lowest BCUT2D eigenvalue weighted by molar-refractivity contribution is -0.130. The van der Waals surface area contributed by atoms with Crippen molar-refractivity contribution in [3.8, 4) is 0 Å². The molecule has 2 rings (SSSR count). The zero-order valence-corrected chi connectivity index (χ0v) is 10.4. The summed E-state index contributed by atoms with van der Waals surface area (Å²) in [5, 5.41) is 3.35. The van der Waals surface area contributed by atoms with Crippen LogP contribution in [-0.4, -0.2) is 23.9 Å². The van der Waals surface area contributed by atoms with Crippen molar-refractivity contribution in [3.63, 3.8) is 0 Å². The summed E-state index contributed by atoms with van der Waals surface area (Å²) in [6, 6.07) is 6.59. The third-order valence-corrected chi connectivity index (χ3v) is 3.41. The maximum absolute atomic E-state index is 12.2. The highest BCUT2D eigenvalue weighted by Crippen LogP contribution is 2.32. The molecule has 0 spiro atoms. The van der Waals surface area contributed by atoms with Gasteiger partial charge in [-0.2, -0.15) is 0 Å². The second kappa shape index (κ2) is 4.04. The molecule has 1 heterocycles. The van der Waals surface area contributed by atoms with Gasteiger partial charge in [0, 0.05) is 12.1 Å². The highest BCUT2D eigenvalue weighted by molar-refractivity contribution is 6.30. The number of imide groups is 1. The van der Waals surface area contributed by atoms with Gasteiger partial charge in [-0.1, -0.05) is 30.7 Å². The molecule has 0 radical (unpaired) electrons. The molecule has 0 aliphatic carbocycles. The molecule has 0 aromatic heterocycles. The minimum absolute atomic E-state index is 0.229. The fourth-order valence-electron chi connectivity index (χ4n) is 2.07. The molecule has 1 N–H and O–H groups in total. The van der Waals surface area contributed by atoms with Gasteiger partial charge in [-0.3, -0.25) is 9.69 Å². The second-order valence-electron chi connectivity index (χ2n) is 4.06. The van der Waals surface area contributed by atoms with Crippen molar-refractivity contribution in [2.75, 3.05) is 7.05 Å². The molecule has 1 fully saturated rings. The predicted molar refractivity (Wildman–Crippen MR) is 64.7 cm³/mol. The Bertz CT molecular complexity index is 472. The van der Waals surface area contributed by atoms with Crippen molar-refractivity contribution in [3.05, 3.63) is 34.9 Å². The molecular formula is C12H13ClN2O2. The molecule has 1 aromatic carbocycles. The fraction of sp³-hybridized carbons (Fsp3) is 0.333. The number of halogens is 1. The summed E-state index contributed by atoms with van der Waals surface area (Å²) >= 11 is 5.82. The van der Waals surface area contributed by atoms with Crippen LogP contribution in [0.3, 0.4) is 0 Å². The normalized spacial score (nSPS) is 24.1. The Morgan fingerprint density at radius 1 is 1.29 bits per heavy atom. The second-order valence-corrected chi connectivity index (χ2v) is 4.50. The first-order chi connectivity index (χ1) is 8.01. The van der Waals surface area contributed by atoms with E-state index in [0.717, 1.165) is 10.5 Å². The number of benzene rings is 1. The summed E-state index contributed by atoms with van der Waals surface area (Å²) < 4.78 is 0. The molecule has 1 aliphatic heterocycles. The topological polar surface area (TPSA) is 49.4 Å². The predicted octanol–water partition coefficient (Wildman–Crippen LogP) is 2.13. The average Bonchev–Trinajstić information content (AvgIpc) is 2.55. The minimum atomic E-state index is -0.948. The summed E-state index contributed by atoms with van der Waals surface area (Å²) in [5.74, 6) is -0.229. The monoisotopic (exact) mass is 252 g/mol. The zero-order valence-electron chi connectivity index (χ0n) is 9.66. The molecule has 1 aromatic rings. The molecule has 0 bridgehead atoms. The van der Waals surface area contributed by atoms with Gasteiger partial charge in [0.15, 0.2) is 0 Å². The highest BCUT2D eigenvalue weighted by Gasteiger charge is 2.49. The maximum Gasteiger partial charge on any atom is 0.325 e. The number of hydrogen-bond donors (Lipinski definition) is 1. The van der Waals surface area contributed by atoms with Gasteiger partial charge in [0.05, 0.1) is 0 Å². The first-order valence-electron chi connectivity index (χ1n) is 5.37. The maximum atomic E-state index is 12.2. The Kier molecular flexibility index (Phi) is 2.83. The lowest BCUT2D eigenvalue weighted by Crippen LogP contribution is -2.43. The quantitative estimate of drug-likeness (QED) is 0.820. The SMILES string of the molecule is CC[C@]1(c2ccc(Cl)cc2)NC(=O)N(C)C1=O. The van der Waals surface area contributed by atoms with E-state index >= 15 is 0 Å². The van der Waals surface area contributed by atoms with Crippen molar-refractivity contribution < 1.29 is 9.59 Å². The standard InChI is InChI=1S/C12H13ClN2O2/c1-3-12(8-4-6-9(13)7-5-8)10(16)15(2)11(17)14-12/h4-7H,3H2,1-2H3,(H,14,17)/t12-/m1/s1. The molecule has 3 amide bonds. The van der Waals surface area contributed by atoms with E-state index in [-0.39, 0.29) is 11.9 Å². The molecule has 4 nitrogen and oxygen atoms in total. The van der Waals surface area contributed by atoms with E-state index in [4.69, 9.17) is 11.6 Å². The number of likely N-dealkylation sites (N-methyl/N-ethyl adjacent to an activating group) is 1. The Morgan fingerprint density at radius 3 is 2.29 bits per heavy atom. The van der Waals surface area contributed by atoms with E-state index in [1.165, 1.54) is 7.05 Å². The third-order valence-electron chi connectivity index (χ3n) is 3.16. The van der Waals surface area contributed by atoms with Gasteiger partial charge in [0.1, 0.15) is 5.54 Å². The van der Waals surface area contributed by atoms with E-state index in [2.05, 4.69) is 5.32 Å². The van der Waals surface area contributed by atoms with E-state index in [1.54, 1.807) is 24.3 Å². The molecule has 17 heavy (non-hydrogen) atoms. The molecule has 1 saturated heterocycles. The number of urea groups is 1. The van der Waals surface area contributed by atoms with Gasteiger partial charge in [0.2, 0.25) is 0 Å². The zero-order chi connectivity index (χ0) is 12.6. The Labute approximate surface area is 105 Å². The summed E-state index contributed by atoms with van der Waals surface area (Å²) in [5.41, 5.74) is -0.191. The Morgan fingerprint density at radius 2 is 1.88 bits per heavy atom. The van der Waals surface area contributed by atoms with Crippen LogP contribution in [0.1, 0.15) is 18.9 Å². The van der Waals surface area contributed by atoms with E-state index < -0.39 is 5.54 Å². The van der Waals surface area contributed by atoms with Crippen molar-refractivity contribution in [1.29, 1.82) is 0 Å². The molecule has 0 unspecified atom stereocenters. The Balaban J connectivity index is 2.49. The van der Waals surface area contributed by atoms with Crippen LogP contribution in [0.25, 0.3) is 0 Å². The van der Waals surface area contributed by atoms with Crippen LogP contribution in [0.2, 0.25) is 5.02 Å². The first-order valence-corrected chi connectivity index (χ1v) is 5.75. The van der Waals surface area contributed by atoms with Crippen molar-refractivity contribution in [2.45, 2.75) is 18.9 Å². The van der Waals surface area contributed by atoms with Crippen molar-refractivity contribution >= 4 is 23.5 Å². The van der Waals surface area contributed by atoms with E-state index in [1.807, 2.05) is 6.92 Å². The highest BCUT2D eigenvalue weighted by atomic mass is 35.5. The van der Waals surface area contributed by atoms with Crippen LogP contribution < -0.4 is 5.32 Å². The lowest BCUT2D eigenvalue weighted by atomic mass is 9.87. The van der Waals surface area contributed by atoms with Gasteiger partial charge in [-0.05, 0) is 24.1 Å². The Hall–Kier alpha value is -1.55.